The molecular weight excluding hydrogens is 273 g/mol. The van der Waals surface area contributed by atoms with Crippen LogP contribution in [-0.2, 0) is 9.53 Å². The highest BCUT2D eigenvalue weighted by molar-refractivity contribution is 5.94. The van der Waals surface area contributed by atoms with Gasteiger partial charge in [0, 0.05) is 18.7 Å². The van der Waals surface area contributed by atoms with Gasteiger partial charge in [-0.25, -0.2) is 4.39 Å². The van der Waals surface area contributed by atoms with Crippen molar-refractivity contribution >= 4 is 11.9 Å². The molecule has 0 spiro atoms. The zero-order chi connectivity index (χ0) is 15.4. The number of likely N-dealkylation sites (tertiary alicyclic amines) is 1. The fraction of sp³-hybridized carbons (Fsp3) is 0.500. The summed E-state index contributed by atoms with van der Waals surface area (Å²) in [7, 11) is 0. The maximum Gasteiger partial charge on any atom is 0.310 e. The third kappa shape index (κ3) is 3.60. The van der Waals surface area contributed by atoms with Crippen molar-refractivity contribution in [2.24, 2.45) is 5.92 Å². The minimum atomic E-state index is -0.324. The fourth-order valence-electron chi connectivity index (χ4n) is 2.57. The van der Waals surface area contributed by atoms with E-state index in [1.165, 1.54) is 12.1 Å². The van der Waals surface area contributed by atoms with Gasteiger partial charge in [-0.1, -0.05) is 0 Å². The number of esters is 1. The number of ether oxygens (including phenoxy) is 1. The van der Waals surface area contributed by atoms with E-state index in [2.05, 4.69) is 0 Å². The molecule has 114 valence electrons. The standard InChI is InChI=1S/C16H20FNO3/c1-3-21-16(20)13-5-4-8-18(10-13)15(19)12-6-7-14(17)11(2)9-12/h6-7,9,13H,3-5,8,10H2,1-2H3/t13-/m1/s1. The predicted octanol–water partition coefficient (Wildman–Crippen LogP) is 2.55. The zero-order valence-corrected chi connectivity index (χ0v) is 12.4. The number of hydrogen-bond donors (Lipinski definition) is 0. The first-order valence-corrected chi connectivity index (χ1v) is 7.25. The molecule has 0 unspecified atom stereocenters. The van der Waals surface area contributed by atoms with Crippen LogP contribution in [0, 0.1) is 18.7 Å². The monoisotopic (exact) mass is 293 g/mol. The van der Waals surface area contributed by atoms with Crippen molar-refractivity contribution in [3.05, 3.63) is 35.1 Å². The van der Waals surface area contributed by atoms with Crippen LogP contribution >= 0.6 is 0 Å². The van der Waals surface area contributed by atoms with E-state index in [0.717, 1.165) is 12.8 Å². The van der Waals surface area contributed by atoms with E-state index in [0.29, 0.717) is 30.8 Å². The first-order valence-electron chi connectivity index (χ1n) is 7.25. The van der Waals surface area contributed by atoms with Gasteiger partial charge in [-0.2, -0.15) is 0 Å². The lowest BCUT2D eigenvalue weighted by atomic mass is 9.97. The summed E-state index contributed by atoms with van der Waals surface area (Å²) in [6.45, 7) is 4.73. The van der Waals surface area contributed by atoms with Gasteiger partial charge < -0.3 is 9.64 Å². The van der Waals surface area contributed by atoms with Gasteiger partial charge in [0.15, 0.2) is 0 Å². The van der Waals surface area contributed by atoms with Crippen LogP contribution in [0.4, 0.5) is 4.39 Å². The minimum Gasteiger partial charge on any atom is -0.466 e. The van der Waals surface area contributed by atoms with Gasteiger partial charge in [-0.15, -0.1) is 0 Å². The summed E-state index contributed by atoms with van der Waals surface area (Å²) >= 11 is 0. The number of carbonyl (C=O) groups is 2. The van der Waals surface area contributed by atoms with Crippen molar-refractivity contribution in [3.8, 4) is 0 Å². The van der Waals surface area contributed by atoms with Crippen molar-refractivity contribution in [1.29, 1.82) is 0 Å². The van der Waals surface area contributed by atoms with Crippen molar-refractivity contribution in [1.82, 2.24) is 4.90 Å². The average Bonchev–Trinajstić information content (AvgIpc) is 2.49. The molecule has 1 aromatic carbocycles. The van der Waals surface area contributed by atoms with E-state index in [-0.39, 0.29) is 23.6 Å². The molecule has 5 heteroatoms. The number of carbonyl (C=O) groups excluding carboxylic acids is 2. The third-order valence-electron chi connectivity index (χ3n) is 3.73. The number of piperidine rings is 1. The second-order valence-electron chi connectivity index (χ2n) is 5.31. The lowest BCUT2D eigenvalue weighted by molar-refractivity contribution is -0.149. The average molecular weight is 293 g/mol. The molecular formula is C16H20FNO3. The van der Waals surface area contributed by atoms with Crippen LogP contribution in [0.1, 0.15) is 35.7 Å². The fourth-order valence-corrected chi connectivity index (χ4v) is 2.57. The van der Waals surface area contributed by atoms with Crippen LogP contribution in [0.15, 0.2) is 18.2 Å². The van der Waals surface area contributed by atoms with Gasteiger partial charge in [0.1, 0.15) is 5.82 Å². The highest BCUT2D eigenvalue weighted by atomic mass is 19.1. The van der Waals surface area contributed by atoms with Gasteiger partial charge in [0.05, 0.1) is 12.5 Å². The summed E-state index contributed by atoms with van der Waals surface area (Å²) in [5.41, 5.74) is 0.901. The summed E-state index contributed by atoms with van der Waals surface area (Å²) in [5.74, 6) is -0.990. The zero-order valence-electron chi connectivity index (χ0n) is 12.4. The Morgan fingerprint density at radius 3 is 2.86 bits per heavy atom. The van der Waals surface area contributed by atoms with Crippen LogP contribution in [0.3, 0.4) is 0 Å². The highest BCUT2D eigenvalue weighted by Gasteiger charge is 2.29. The van der Waals surface area contributed by atoms with Gasteiger partial charge in [0.25, 0.3) is 5.91 Å². The van der Waals surface area contributed by atoms with Crippen LogP contribution < -0.4 is 0 Å². The van der Waals surface area contributed by atoms with Crippen molar-refractivity contribution in [2.45, 2.75) is 26.7 Å². The van der Waals surface area contributed by atoms with E-state index in [9.17, 15) is 14.0 Å². The summed E-state index contributed by atoms with van der Waals surface area (Å²) < 4.78 is 18.3. The molecule has 0 aromatic heterocycles. The molecule has 0 saturated carbocycles. The molecule has 2 rings (SSSR count). The van der Waals surface area contributed by atoms with E-state index < -0.39 is 0 Å². The number of rotatable bonds is 3. The van der Waals surface area contributed by atoms with Crippen LogP contribution in [0.5, 0.6) is 0 Å². The van der Waals surface area contributed by atoms with Gasteiger partial charge in [-0.3, -0.25) is 9.59 Å². The number of aryl methyl sites for hydroxylation is 1. The number of nitrogens with zero attached hydrogens (tertiary/aromatic N) is 1. The minimum absolute atomic E-state index is 0.160. The normalized spacial score (nSPS) is 18.4. The third-order valence-corrected chi connectivity index (χ3v) is 3.73. The van der Waals surface area contributed by atoms with Gasteiger partial charge >= 0.3 is 5.97 Å². The topological polar surface area (TPSA) is 46.6 Å². The molecule has 1 aliphatic rings. The van der Waals surface area contributed by atoms with E-state index in [1.54, 1.807) is 24.8 Å². The molecule has 0 N–H and O–H groups in total. The first kappa shape index (κ1) is 15.5. The Balaban J connectivity index is 2.08. The Hall–Kier alpha value is -1.91. The van der Waals surface area contributed by atoms with Crippen LogP contribution in [0.25, 0.3) is 0 Å². The SMILES string of the molecule is CCOC(=O)[C@@H]1CCCN(C(=O)c2ccc(F)c(C)c2)C1. The molecule has 1 amide bonds. The molecule has 0 radical (unpaired) electrons. The van der Waals surface area contributed by atoms with Gasteiger partial charge in [-0.05, 0) is 50.5 Å². The van der Waals surface area contributed by atoms with E-state index in [1.807, 2.05) is 0 Å². The molecule has 1 aliphatic heterocycles. The molecule has 1 fully saturated rings. The van der Waals surface area contributed by atoms with Crippen LogP contribution in [-0.4, -0.2) is 36.5 Å². The van der Waals surface area contributed by atoms with Crippen molar-refractivity contribution < 1.29 is 18.7 Å². The Kier molecular flexibility index (Phi) is 4.94. The van der Waals surface area contributed by atoms with E-state index in [4.69, 9.17) is 4.74 Å². The lowest BCUT2D eigenvalue weighted by Crippen LogP contribution is -2.42. The number of hydrogen-bond acceptors (Lipinski definition) is 3. The molecule has 1 heterocycles. The molecule has 1 aromatic rings. The highest BCUT2D eigenvalue weighted by Crippen LogP contribution is 2.20. The number of benzene rings is 1. The van der Waals surface area contributed by atoms with Crippen molar-refractivity contribution in [3.63, 3.8) is 0 Å². The first-order chi connectivity index (χ1) is 10.0. The van der Waals surface area contributed by atoms with E-state index >= 15 is 0 Å². The molecule has 21 heavy (non-hydrogen) atoms. The number of halogens is 1. The van der Waals surface area contributed by atoms with Crippen molar-refractivity contribution in [2.75, 3.05) is 19.7 Å². The molecule has 1 saturated heterocycles. The Morgan fingerprint density at radius 1 is 1.43 bits per heavy atom. The lowest BCUT2D eigenvalue weighted by Gasteiger charge is -2.31. The molecule has 4 nitrogen and oxygen atoms in total. The Labute approximate surface area is 123 Å². The summed E-state index contributed by atoms with van der Waals surface area (Å²) in [4.78, 5) is 25.9. The van der Waals surface area contributed by atoms with Crippen LogP contribution in [0.2, 0.25) is 0 Å². The summed E-state index contributed by atoms with van der Waals surface area (Å²) in [5, 5.41) is 0. The molecule has 0 bridgehead atoms. The Morgan fingerprint density at radius 2 is 2.19 bits per heavy atom. The smallest absolute Gasteiger partial charge is 0.310 e. The molecule has 1 atom stereocenters. The predicted molar refractivity (Wildman–Crippen MR) is 76.4 cm³/mol. The van der Waals surface area contributed by atoms with Gasteiger partial charge in [0.2, 0.25) is 0 Å². The molecule has 0 aliphatic carbocycles. The maximum atomic E-state index is 13.3. The summed E-state index contributed by atoms with van der Waals surface area (Å²) in [6, 6.07) is 4.33. The summed E-state index contributed by atoms with van der Waals surface area (Å²) in [6.07, 6.45) is 1.51. The second-order valence-corrected chi connectivity index (χ2v) is 5.31. The largest absolute Gasteiger partial charge is 0.466 e. The quantitative estimate of drug-likeness (QED) is 0.805. The maximum absolute atomic E-state index is 13.3. The second kappa shape index (κ2) is 6.70. The number of amides is 1. The Bertz CT molecular complexity index is 544.